The molecular weight excluding hydrogens is 418 g/mol. The molecule has 4 rings (SSSR count). The summed E-state index contributed by atoms with van der Waals surface area (Å²) < 4.78 is 0. The molecule has 2 aromatic carbocycles. The number of imide groups is 1. The van der Waals surface area contributed by atoms with Crippen LogP contribution in [0.15, 0.2) is 54.6 Å². The summed E-state index contributed by atoms with van der Waals surface area (Å²) in [6.07, 6.45) is 1.96. The number of piperidine rings is 1. The van der Waals surface area contributed by atoms with Crippen LogP contribution in [-0.2, 0) is 9.59 Å². The van der Waals surface area contributed by atoms with Gasteiger partial charge in [-0.1, -0.05) is 44.2 Å². The van der Waals surface area contributed by atoms with Crippen molar-refractivity contribution in [3.05, 3.63) is 65.7 Å². The minimum absolute atomic E-state index is 0.0232. The number of benzene rings is 2. The van der Waals surface area contributed by atoms with Gasteiger partial charge < -0.3 is 4.90 Å². The minimum atomic E-state index is -0.774. The van der Waals surface area contributed by atoms with Crippen LogP contribution in [0.3, 0.4) is 0 Å². The standard InChI is InChI=1S/C26H29N3O4/c1-18(23(31)27-15-9-14-26(2,3)17-27)29(19-10-5-4-6-11-19)22(30)16-28-24(32)20-12-7-8-13-21(20)25(28)33/h4-8,10-13,18H,9,14-17H2,1-3H3. The largest absolute Gasteiger partial charge is 0.340 e. The van der Waals surface area contributed by atoms with Crippen LogP contribution in [0.4, 0.5) is 5.69 Å². The van der Waals surface area contributed by atoms with Gasteiger partial charge in [0.15, 0.2) is 0 Å². The van der Waals surface area contributed by atoms with Crippen LogP contribution in [0.1, 0.15) is 54.3 Å². The molecule has 0 N–H and O–H groups in total. The van der Waals surface area contributed by atoms with Crippen molar-refractivity contribution in [2.75, 3.05) is 24.5 Å². The van der Waals surface area contributed by atoms with Gasteiger partial charge in [0.05, 0.1) is 11.1 Å². The Morgan fingerprint density at radius 2 is 1.55 bits per heavy atom. The second-order valence-corrected chi connectivity index (χ2v) is 9.54. The number of carbonyl (C=O) groups excluding carboxylic acids is 4. The molecule has 4 amide bonds. The maximum absolute atomic E-state index is 13.5. The topological polar surface area (TPSA) is 78.0 Å². The predicted octanol–water partition coefficient (Wildman–Crippen LogP) is 3.35. The first-order valence-corrected chi connectivity index (χ1v) is 11.3. The number of nitrogens with zero attached hydrogens (tertiary/aromatic N) is 3. The van der Waals surface area contributed by atoms with Gasteiger partial charge in [-0.05, 0) is 49.4 Å². The summed E-state index contributed by atoms with van der Waals surface area (Å²) in [5.41, 5.74) is 1.16. The molecule has 0 bridgehead atoms. The molecule has 0 aromatic heterocycles. The summed E-state index contributed by atoms with van der Waals surface area (Å²) in [7, 11) is 0. The first-order valence-electron chi connectivity index (χ1n) is 11.3. The number of hydrogen-bond donors (Lipinski definition) is 0. The van der Waals surface area contributed by atoms with Gasteiger partial charge in [0, 0.05) is 18.8 Å². The normalized spacial score (nSPS) is 18.2. The SMILES string of the molecule is CC(C(=O)N1CCCC(C)(C)C1)N(C(=O)CN1C(=O)c2ccccc2C1=O)c1ccccc1. The summed E-state index contributed by atoms with van der Waals surface area (Å²) in [6.45, 7) is 6.84. The van der Waals surface area contributed by atoms with E-state index in [1.807, 2.05) is 11.0 Å². The van der Waals surface area contributed by atoms with Crippen LogP contribution in [0.5, 0.6) is 0 Å². The maximum Gasteiger partial charge on any atom is 0.262 e. The Kier molecular flexibility index (Phi) is 6.06. The maximum atomic E-state index is 13.5. The Hall–Kier alpha value is -3.48. The molecule has 1 atom stereocenters. The van der Waals surface area contributed by atoms with E-state index in [9.17, 15) is 19.2 Å². The molecule has 2 heterocycles. The van der Waals surface area contributed by atoms with Gasteiger partial charge >= 0.3 is 0 Å². The van der Waals surface area contributed by atoms with Crippen molar-refractivity contribution in [3.63, 3.8) is 0 Å². The van der Waals surface area contributed by atoms with Crippen molar-refractivity contribution in [1.29, 1.82) is 0 Å². The van der Waals surface area contributed by atoms with E-state index in [4.69, 9.17) is 0 Å². The van der Waals surface area contributed by atoms with E-state index in [0.29, 0.717) is 29.9 Å². The molecule has 1 unspecified atom stereocenters. The van der Waals surface area contributed by atoms with Crippen LogP contribution in [0, 0.1) is 5.41 Å². The molecule has 2 aliphatic rings. The number of rotatable bonds is 5. The van der Waals surface area contributed by atoms with E-state index in [0.717, 1.165) is 17.7 Å². The minimum Gasteiger partial charge on any atom is -0.340 e. The number of fused-ring (bicyclic) bond motifs is 1. The van der Waals surface area contributed by atoms with Crippen LogP contribution in [0.25, 0.3) is 0 Å². The lowest BCUT2D eigenvalue weighted by molar-refractivity contribution is -0.137. The molecular formula is C26H29N3O4. The van der Waals surface area contributed by atoms with Gasteiger partial charge in [-0.25, -0.2) is 0 Å². The number of amides is 4. The average Bonchev–Trinajstić information content (AvgIpc) is 3.04. The Morgan fingerprint density at radius 1 is 0.970 bits per heavy atom. The van der Waals surface area contributed by atoms with Gasteiger partial charge in [-0.2, -0.15) is 0 Å². The van der Waals surface area contributed by atoms with Gasteiger partial charge in [0.1, 0.15) is 12.6 Å². The van der Waals surface area contributed by atoms with Crippen LogP contribution in [-0.4, -0.2) is 59.1 Å². The molecule has 172 valence electrons. The van der Waals surface area contributed by atoms with Crippen LogP contribution < -0.4 is 4.90 Å². The molecule has 2 aromatic rings. The molecule has 33 heavy (non-hydrogen) atoms. The Morgan fingerprint density at radius 3 is 2.12 bits per heavy atom. The highest BCUT2D eigenvalue weighted by Gasteiger charge is 2.40. The molecule has 0 saturated carbocycles. The second-order valence-electron chi connectivity index (χ2n) is 9.54. The van der Waals surface area contributed by atoms with Crippen molar-refractivity contribution in [1.82, 2.24) is 9.80 Å². The third-order valence-electron chi connectivity index (χ3n) is 6.43. The van der Waals surface area contributed by atoms with Crippen molar-refractivity contribution in [2.45, 2.75) is 39.7 Å². The average molecular weight is 448 g/mol. The third-order valence-corrected chi connectivity index (χ3v) is 6.43. The van der Waals surface area contributed by atoms with Gasteiger partial charge in [0.25, 0.3) is 11.8 Å². The Balaban J connectivity index is 1.59. The zero-order chi connectivity index (χ0) is 23.8. The summed E-state index contributed by atoms with van der Waals surface area (Å²) in [6, 6.07) is 14.7. The van der Waals surface area contributed by atoms with Crippen molar-refractivity contribution < 1.29 is 19.2 Å². The lowest BCUT2D eigenvalue weighted by Gasteiger charge is -2.41. The van der Waals surface area contributed by atoms with Crippen molar-refractivity contribution in [2.24, 2.45) is 5.41 Å². The van der Waals surface area contributed by atoms with E-state index in [1.165, 1.54) is 4.90 Å². The summed E-state index contributed by atoms with van der Waals surface area (Å²) in [5, 5.41) is 0. The number of carbonyl (C=O) groups is 4. The third kappa shape index (κ3) is 4.40. The van der Waals surface area contributed by atoms with E-state index >= 15 is 0 Å². The fourth-order valence-corrected chi connectivity index (χ4v) is 4.75. The monoisotopic (exact) mass is 447 g/mol. The van der Waals surface area contributed by atoms with E-state index in [1.54, 1.807) is 55.5 Å². The van der Waals surface area contributed by atoms with E-state index in [2.05, 4.69) is 13.8 Å². The number of likely N-dealkylation sites (tertiary alicyclic amines) is 1. The quantitative estimate of drug-likeness (QED) is 0.659. The highest BCUT2D eigenvalue weighted by Crippen LogP contribution is 2.30. The molecule has 1 fully saturated rings. The molecule has 0 radical (unpaired) electrons. The smallest absolute Gasteiger partial charge is 0.262 e. The van der Waals surface area contributed by atoms with Gasteiger partial charge in [-0.3, -0.25) is 29.0 Å². The number of para-hydroxylation sites is 1. The molecule has 2 aliphatic heterocycles. The molecule has 0 spiro atoms. The summed E-state index contributed by atoms with van der Waals surface area (Å²) in [4.78, 5) is 56.7. The van der Waals surface area contributed by atoms with Crippen molar-refractivity contribution in [3.8, 4) is 0 Å². The molecule has 0 aliphatic carbocycles. The zero-order valence-electron chi connectivity index (χ0n) is 19.3. The second kappa shape index (κ2) is 8.81. The molecule has 1 saturated heterocycles. The lowest BCUT2D eigenvalue weighted by Crippen LogP contribution is -2.55. The first-order chi connectivity index (χ1) is 15.7. The van der Waals surface area contributed by atoms with Gasteiger partial charge in [0.2, 0.25) is 11.8 Å². The summed E-state index contributed by atoms with van der Waals surface area (Å²) in [5.74, 6) is -1.60. The van der Waals surface area contributed by atoms with Crippen molar-refractivity contribution >= 4 is 29.3 Å². The van der Waals surface area contributed by atoms with Gasteiger partial charge in [-0.15, -0.1) is 0 Å². The number of anilines is 1. The lowest BCUT2D eigenvalue weighted by atomic mass is 9.84. The number of hydrogen-bond acceptors (Lipinski definition) is 4. The molecule has 7 nitrogen and oxygen atoms in total. The predicted molar refractivity (Wildman–Crippen MR) is 125 cm³/mol. The Bertz CT molecular complexity index is 1060. The summed E-state index contributed by atoms with van der Waals surface area (Å²) >= 11 is 0. The van der Waals surface area contributed by atoms with Crippen LogP contribution >= 0.6 is 0 Å². The van der Waals surface area contributed by atoms with Crippen LogP contribution in [0.2, 0.25) is 0 Å². The Labute approximate surface area is 194 Å². The zero-order valence-corrected chi connectivity index (χ0v) is 19.3. The van der Waals surface area contributed by atoms with E-state index < -0.39 is 30.3 Å². The first kappa shape index (κ1) is 22.7. The van der Waals surface area contributed by atoms with E-state index in [-0.39, 0.29) is 11.3 Å². The fraction of sp³-hybridized carbons (Fsp3) is 0.385. The molecule has 7 heteroatoms. The highest BCUT2D eigenvalue weighted by molar-refractivity contribution is 6.23. The highest BCUT2D eigenvalue weighted by atomic mass is 16.2. The fourth-order valence-electron chi connectivity index (χ4n) is 4.75.